The Morgan fingerprint density at radius 1 is 1.25 bits per heavy atom. The zero-order valence-corrected chi connectivity index (χ0v) is 9.41. The number of H-pyrrole nitrogens is 1. The number of hydrogen-bond acceptors (Lipinski definition) is 3. The quantitative estimate of drug-likeness (QED) is 0.776. The zero-order chi connectivity index (χ0) is 11.0. The lowest BCUT2D eigenvalue weighted by Gasteiger charge is -2.07. The maximum Gasteiger partial charge on any atom is 0.343 e. The summed E-state index contributed by atoms with van der Waals surface area (Å²) in [5, 5.41) is 7.78. The minimum atomic E-state index is -0.0196. The highest BCUT2D eigenvalue weighted by Gasteiger charge is 2.24. The van der Waals surface area contributed by atoms with E-state index in [1.165, 1.54) is 12.8 Å². The summed E-state index contributed by atoms with van der Waals surface area (Å²) in [6, 6.07) is 0.340. The lowest BCUT2D eigenvalue weighted by Crippen LogP contribution is -2.21. The molecule has 88 valence electrons. The molecule has 1 unspecified atom stereocenters. The molecular formula is C11H18N4O. The summed E-state index contributed by atoms with van der Waals surface area (Å²) >= 11 is 0. The van der Waals surface area contributed by atoms with Crippen molar-refractivity contribution in [1.29, 1.82) is 0 Å². The molecule has 3 rings (SSSR count). The van der Waals surface area contributed by atoms with Crippen molar-refractivity contribution in [2.75, 3.05) is 13.1 Å². The lowest BCUT2D eigenvalue weighted by molar-refractivity contribution is 0.447. The lowest BCUT2D eigenvalue weighted by atomic mass is 10.1. The van der Waals surface area contributed by atoms with Gasteiger partial charge in [-0.2, -0.15) is 5.10 Å². The number of nitrogens with one attached hydrogen (secondary N) is 2. The second-order valence-electron chi connectivity index (χ2n) is 4.89. The van der Waals surface area contributed by atoms with E-state index in [0.29, 0.717) is 12.0 Å². The van der Waals surface area contributed by atoms with E-state index in [4.69, 9.17) is 0 Å². The van der Waals surface area contributed by atoms with Gasteiger partial charge in [-0.3, -0.25) is 4.98 Å². The van der Waals surface area contributed by atoms with Gasteiger partial charge in [-0.1, -0.05) is 12.8 Å². The Morgan fingerprint density at radius 3 is 2.75 bits per heavy atom. The number of rotatable bonds is 2. The molecule has 16 heavy (non-hydrogen) atoms. The average molecular weight is 222 g/mol. The Labute approximate surface area is 94.2 Å². The van der Waals surface area contributed by atoms with E-state index in [1.54, 1.807) is 4.68 Å². The van der Waals surface area contributed by atoms with E-state index in [2.05, 4.69) is 15.4 Å². The molecule has 5 heteroatoms. The van der Waals surface area contributed by atoms with Crippen molar-refractivity contribution in [2.24, 2.45) is 0 Å². The minimum Gasteiger partial charge on any atom is -0.316 e. The predicted octanol–water partition coefficient (Wildman–Crippen LogP) is 0.763. The van der Waals surface area contributed by atoms with Crippen LogP contribution < -0.4 is 11.0 Å². The van der Waals surface area contributed by atoms with E-state index in [9.17, 15) is 4.79 Å². The molecule has 1 aromatic heterocycles. The second kappa shape index (κ2) is 4.05. The maximum atomic E-state index is 11.8. The van der Waals surface area contributed by atoms with Crippen LogP contribution >= 0.6 is 0 Å². The number of aromatic amines is 1. The maximum absolute atomic E-state index is 11.8. The van der Waals surface area contributed by atoms with Crippen molar-refractivity contribution in [2.45, 2.75) is 44.1 Å². The molecule has 0 amide bonds. The fourth-order valence-corrected chi connectivity index (χ4v) is 2.82. The second-order valence-corrected chi connectivity index (χ2v) is 4.89. The minimum absolute atomic E-state index is 0.0196. The summed E-state index contributed by atoms with van der Waals surface area (Å²) in [6.07, 6.45) is 5.74. The molecular weight excluding hydrogens is 204 g/mol. The molecule has 0 bridgehead atoms. The smallest absolute Gasteiger partial charge is 0.316 e. The van der Waals surface area contributed by atoms with E-state index >= 15 is 0 Å². The van der Waals surface area contributed by atoms with Gasteiger partial charge in [-0.05, 0) is 25.8 Å². The molecule has 1 aromatic rings. The van der Waals surface area contributed by atoms with Gasteiger partial charge in [0.25, 0.3) is 0 Å². The molecule has 1 aliphatic heterocycles. The van der Waals surface area contributed by atoms with Gasteiger partial charge in [-0.15, -0.1) is 0 Å². The summed E-state index contributed by atoms with van der Waals surface area (Å²) in [5.74, 6) is 1.28. The van der Waals surface area contributed by atoms with Crippen molar-refractivity contribution in [3.63, 3.8) is 0 Å². The van der Waals surface area contributed by atoms with Gasteiger partial charge in [0.15, 0.2) is 0 Å². The van der Waals surface area contributed by atoms with Crippen LogP contribution in [0.25, 0.3) is 0 Å². The third-order valence-electron chi connectivity index (χ3n) is 3.78. The molecule has 0 radical (unpaired) electrons. The Balaban J connectivity index is 1.85. The third-order valence-corrected chi connectivity index (χ3v) is 3.78. The molecule has 1 aliphatic carbocycles. The summed E-state index contributed by atoms with van der Waals surface area (Å²) in [6.45, 7) is 1.97. The van der Waals surface area contributed by atoms with Gasteiger partial charge in [-0.25, -0.2) is 9.48 Å². The number of hydrogen-bond donors (Lipinski definition) is 2. The molecule has 2 aliphatic rings. The molecule has 0 aromatic carbocycles. The van der Waals surface area contributed by atoms with E-state index in [-0.39, 0.29) is 5.69 Å². The molecule has 1 saturated heterocycles. The van der Waals surface area contributed by atoms with Gasteiger partial charge < -0.3 is 5.32 Å². The van der Waals surface area contributed by atoms with E-state index < -0.39 is 0 Å². The van der Waals surface area contributed by atoms with E-state index in [0.717, 1.165) is 38.2 Å². The first-order valence-corrected chi connectivity index (χ1v) is 6.24. The van der Waals surface area contributed by atoms with Crippen LogP contribution in [0.3, 0.4) is 0 Å². The SMILES string of the molecule is O=c1[nH]c(C2CCNC2)nn1C1CCCC1. The average Bonchev–Trinajstić information content (AvgIpc) is 2.97. The Bertz CT molecular complexity index is 410. The van der Waals surface area contributed by atoms with Crippen LogP contribution in [-0.4, -0.2) is 27.9 Å². The molecule has 2 N–H and O–H groups in total. The van der Waals surface area contributed by atoms with Crippen LogP contribution in [0, 0.1) is 0 Å². The van der Waals surface area contributed by atoms with Crippen LogP contribution in [-0.2, 0) is 0 Å². The summed E-state index contributed by atoms with van der Waals surface area (Å²) in [5.41, 5.74) is -0.0196. The van der Waals surface area contributed by atoms with Crippen molar-refractivity contribution in [1.82, 2.24) is 20.1 Å². The number of aromatic nitrogens is 3. The summed E-state index contributed by atoms with van der Waals surface area (Å²) < 4.78 is 1.68. The molecule has 1 saturated carbocycles. The highest BCUT2D eigenvalue weighted by atomic mass is 16.2. The fraction of sp³-hybridized carbons (Fsp3) is 0.818. The third kappa shape index (κ3) is 1.69. The van der Waals surface area contributed by atoms with Crippen LogP contribution in [0.2, 0.25) is 0 Å². The van der Waals surface area contributed by atoms with Gasteiger partial charge in [0, 0.05) is 12.5 Å². The largest absolute Gasteiger partial charge is 0.343 e. The Kier molecular flexibility index (Phi) is 2.55. The van der Waals surface area contributed by atoms with Crippen LogP contribution in [0.1, 0.15) is 49.9 Å². The number of nitrogens with zero attached hydrogens (tertiary/aromatic N) is 2. The molecule has 1 atom stereocenters. The molecule has 0 spiro atoms. The predicted molar refractivity (Wildman–Crippen MR) is 60.6 cm³/mol. The van der Waals surface area contributed by atoms with Gasteiger partial charge in [0.1, 0.15) is 5.82 Å². The standard InChI is InChI=1S/C11H18N4O/c16-11-13-10(8-5-6-12-7-8)14-15(11)9-3-1-2-4-9/h8-9,12H,1-7H2,(H,13,14,16). The topological polar surface area (TPSA) is 62.7 Å². The van der Waals surface area contributed by atoms with Crippen LogP contribution in [0.5, 0.6) is 0 Å². The summed E-state index contributed by atoms with van der Waals surface area (Å²) in [4.78, 5) is 14.7. The highest BCUT2D eigenvalue weighted by Crippen LogP contribution is 2.28. The first-order chi connectivity index (χ1) is 7.84. The zero-order valence-electron chi connectivity index (χ0n) is 9.41. The Morgan fingerprint density at radius 2 is 2.06 bits per heavy atom. The van der Waals surface area contributed by atoms with Gasteiger partial charge in [0.2, 0.25) is 0 Å². The Hall–Kier alpha value is -1.10. The molecule has 2 heterocycles. The van der Waals surface area contributed by atoms with Crippen molar-refractivity contribution < 1.29 is 0 Å². The molecule has 2 fully saturated rings. The fourth-order valence-electron chi connectivity index (χ4n) is 2.82. The first kappa shape index (κ1) is 10.1. The first-order valence-electron chi connectivity index (χ1n) is 6.24. The van der Waals surface area contributed by atoms with Crippen LogP contribution in [0.4, 0.5) is 0 Å². The molecule has 5 nitrogen and oxygen atoms in total. The van der Waals surface area contributed by atoms with Crippen molar-refractivity contribution in [3.05, 3.63) is 16.3 Å². The normalized spacial score (nSPS) is 26.6. The van der Waals surface area contributed by atoms with Crippen molar-refractivity contribution in [3.8, 4) is 0 Å². The van der Waals surface area contributed by atoms with Gasteiger partial charge in [0.05, 0.1) is 6.04 Å². The summed E-state index contributed by atoms with van der Waals surface area (Å²) in [7, 11) is 0. The van der Waals surface area contributed by atoms with Crippen molar-refractivity contribution >= 4 is 0 Å². The highest BCUT2D eigenvalue weighted by molar-refractivity contribution is 4.99. The van der Waals surface area contributed by atoms with Crippen LogP contribution in [0.15, 0.2) is 4.79 Å². The monoisotopic (exact) mass is 222 g/mol. The van der Waals surface area contributed by atoms with E-state index in [1.807, 2.05) is 0 Å². The van der Waals surface area contributed by atoms with Gasteiger partial charge >= 0.3 is 5.69 Å².